The normalized spacial score (nSPS) is 19.7. The number of amides is 2. The van der Waals surface area contributed by atoms with Crippen molar-refractivity contribution >= 4 is 45.3 Å². The molecule has 0 aliphatic carbocycles. The number of carbonyl (C=O) groups excluding carboxylic acids is 2. The Morgan fingerprint density at radius 2 is 1.59 bits per heavy atom. The van der Waals surface area contributed by atoms with Crippen LogP contribution in [0.15, 0.2) is 107 Å². The summed E-state index contributed by atoms with van der Waals surface area (Å²) in [4.78, 5) is 29.9. The number of nitrogens with zero attached hydrogens (tertiary/aromatic N) is 1. The van der Waals surface area contributed by atoms with Gasteiger partial charge in [0.15, 0.2) is 10.6 Å². The highest BCUT2D eigenvalue weighted by molar-refractivity contribution is 8.01. The first-order valence-electron chi connectivity index (χ1n) is 16.1. The Balaban J connectivity index is 1.11. The van der Waals surface area contributed by atoms with Crippen molar-refractivity contribution in [1.82, 2.24) is 15.6 Å². The van der Waals surface area contributed by atoms with Crippen molar-refractivity contribution in [1.29, 1.82) is 0 Å². The number of thiazole rings is 1. The van der Waals surface area contributed by atoms with Gasteiger partial charge in [-0.3, -0.25) is 0 Å². The zero-order valence-electron chi connectivity index (χ0n) is 27.3. The SMILES string of the molecule is COC(=O)[C@H](Cc1ccccc1)NC(=O)NCc1ccc([C@@H]2O[C@H](CSc3nc4ccccc4s3)[C@H](C)[C@H](c3ccc(CO)cc3)O2)cc1. The molecule has 5 atom stereocenters. The van der Waals surface area contributed by atoms with Gasteiger partial charge in [0, 0.05) is 30.2 Å². The van der Waals surface area contributed by atoms with Crippen LogP contribution in [0.3, 0.4) is 0 Å². The van der Waals surface area contributed by atoms with Crippen LogP contribution in [0.1, 0.15) is 47.1 Å². The average molecular weight is 698 g/mol. The molecular formula is C38H39N3O6S2. The molecule has 0 unspecified atom stereocenters. The standard InChI is InChI=1S/C38H39N3O6S2/c1-24-32(23-48-38-41-30-10-6-7-11-33(30)49-38)46-36(47-34(24)28-16-14-27(22-42)15-17-28)29-18-12-26(13-19-29)21-39-37(44)40-31(35(43)45-2)20-25-8-4-3-5-9-25/h3-19,24,31-32,34,36,42H,20-23H2,1-2H3,(H2,39,40,44)/t24-,31-,32+,34+,36+/m0/s1. The van der Waals surface area contributed by atoms with Crippen LogP contribution in [0.2, 0.25) is 0 Å². The lowest BCUT2D eigenvalue weighted by atomic mass is 9.91. The summed E-state index contributed by atoms with van der Waals surface area (Å²) in [5.41, 5.74) is 5.52. The molecule has 254 valence electrons. The van der Waals surface area contributed by atoms with Crippen LogP contribution in [-0.2, 0) is 38.6 Å². The highest BCUT2D eigenvalue weighted by atomic mass is 32.2. The summed E-state index contributed by atoms with van der Waals surface area (Å²) in [6, 6.07) is 32.0. The van der Waals surface area contributed by atoms with Crippen molar-refractivity contribution in [2.75, 3.05) is 12.9 Å². The molecule has 9 nitrogen and oxygen atoms in total. The minimum Gasteiger partial charge on any atom is -0.467 e. The van der Waals surface area contributed by atoms with E-state index >= 15 is 0 Å². The predicted octanol–water partition coefficient (Wildman–Crippen LogP) is 6.96. The molecule has 2 amide bonds. The van der Waals surface area contributed by atoms with Gasteiger partial charge in [-0.2, -0.15) is 0 Å². The van der Waals surface area contributed by atoms with Gasteiger partial charge in [-0.05, 0) is 34.4 Å². The summed E-state index contributed by atoms with van der Waals surface area (Å²) in [6.45, 7) is 2.39. The number of carbonyl (C=O) groups is 2. The Morgan fingerprint density at radius 3 is 2.31 bits per heavy atom. The number of para-hydroxylation sites is 1. The number of benzene rings is 4. The van der Waals surface area contributed by atoms with E-state index in [1.54, 1.807) is 23.1 Å². The van der Waals surface area contributed by atoms with E-state index in [2.05, 4.69) is 23.6 Å². The Labute approximate surface area is 294 Å². The second-order valence-corrected chi connectivity index (χ2v) is 14.2. The molecule has 1 aliphatic heterocycles. The smallest absolute Gasteiger partial charge is 0.328 e. The van der Waals surface area contributed by atoms with E-state index in [4.69, 9.17) is 19.2 Å². The first kappa shape index (κ1) is 34.6. The number of aliphatic hydroxyl groups excluding tert-OH is 1. The number of aliphatic hydroxyl groups is 1. The van der Waals surface area contributed by atoms with E-state index in [1.165, 1.54) is 7.11 Å². The number of hydrogen-bond donors (Lipinski definition) is 3. The summed E-state index contributed by atoms with van der Waals surface area (Å²) < 4.78 is 20.3. The van der Waals surface area contributed by atoms with Crippen molar-refractivity contribution < 1.29 is 28.9 Å². The summed E-state index contributed by atoms with van der Waals surface area (Å²) in [5, 5.41) is 15.1. The largest absolute Gasteiger partial charge is 0.467 e. The van der Waals surface area contributed by atoms with Gasteiger partial charge in [-0.25, -0.2) is 14.6 Å². The fourth-order valence-electron chi connectivity index (χ4n) is 5.75. The number of nitrogens with one attached hydrogen (secondary N) is 2. The minimum atomic E-state index is -0.814. The number of methoxy groups -OCH3 is 1. The monoisotopic (exact) mass is 697 g/mol. The van der Waals surface area contributed by atoms with Crippen LogP contribution in [-0.4, -0.2) is 47.1 Å². The molecule has 3 N–H and O–H groups in total. The maximum absolute atomic E-state index is 12.8. The fraction of sp³-hybridized carbons (Fsp3) is 0.289. The van der Waals surface area contributed by atoms with Gasteiger partial charge in [-0.15, -0.1) is 11.3 Å². The van der Waals surface area contributed by atoms with Gasteiger partial charge < -0.3 is 30.0 Å². The molecule has 11 heteroatoms. The van der Waals surface area contributed by atoms with Crippen LogP contribution in [0.25, 0.3) is 10.2 Å². The quantitative estimate of drug-likeness (QED) is 0.0947. The van der Waals surface area contributed by atoms with E-state index in [0.29, 0.717) is 12.2 Å². The number of ether oxygens (including phenoxy) is 3. The first-order chi connectivity index (χ1) is 23.9. The molecule has 1 saturated heterocycles. The Kier molecular flexibility index (Phi) is 11.6. The maximum atomic E-state index is 12.8. The molecule has 0 bridgehead atoms. The van der Waals surface area contributed by atoms with Crippen LogP contribution in [0.5, 0.6) is 0 Å². The lowest BCUT2D eigenvalue weighted by molar-refractivity contribution is -0.268. The molecule has 0 radical (unpaired) electrons. The molecule has 2 heterocycles. The number of esters is 1. The third kappa shape index (κ3) is 8.86. The molecule has 5 aromatic rings. The van der Waals surface area contributed by atoms with Gasteiger partial charge in [-0.1, -0.05) is 110 Å². The summed E-state index contributed by atoms with van der Waals surface area (Å²) in [5.74, 6) is 0.250. The van der Waals surface area contributed by atoms with Crippen molar-refractivity contribution in [3.63, 3.8) is 0 Å². The molecule has 0 saturated carbocycles. The molecule has 1 aliphatic rings. The Hall–Kier alpha value is -4.26. The van der Waals surface area contributed by atoms with Gasteiger partial charge >= 0.3 is 12.0 Å². The van der Waals surface area contributed by atoms with Crippen molar-refractivity contribution in [2.45, 2.75) is 55.4 Å². The van der Waals surface area contributed by atoms with E-state index < -0.39 is 24.3 Å². The first-order valence-corrected chi connectivity index (χ1v) is 17.9. The fourth-order valence-corrected chi connectivity index (χ4v) is 8.00. The van der Waals surface area contributed by atoms with Crippen molar-refractivity contribution in [3.8, 4) is 0 Å². The molecule has 1 aromatic heterocycles. The van der Waals surface area contributed by atoms with Crippen molar-refractivity contribution in [3.05, 3.63) is 131 Å². The summed E-state index contributed by atoms with van der Waals surface area (Å²) in [7, 11) is 1.31. The highest BCUT2D eigenvalue weighted by Crippen LogP contribution is 2.43. The molecule has 0 spiro atoms. The summed E-state index contributed by atoms with van der Waals surface area (Å²) in [6.07, 6.45) is -0.635. The van der Waals surface area contributed by atoms with E-state index in [9.17, 15) is 14.7 Å². The lowest BCUT2D eigenvalue weighted by Crippen LogP contribution is -2.47. The van der Waals surface area contributed by atoms with Gasteiger partial charge in [0.25, 0.3) is 0 Å². The number of urea groups is 1. The Bertz CT molecular complexity index is 1800. The number of fused-ring (bicyclic) bond motifs is 1. The molecule has 49 heavy (non-hydrogen) atoms. The van der Waals surface area contributed by atoms with Gasteiger partial charge in [0.2, 0.25) is 0 Å². The molecule has 6 rings (SSSR count). The van der Waals surface area contributed by atoms with Crippen molar-refractivity contribution in [2.24, 2.45) is 5.92 Å². The number of thioether (sulfide) groups is 1. The third-order valence-corrected chi connectivity index (χ3v) is 10.8. The van der Waals surface area contributed by atoms with Crippen LogP contribution < -0.4 is 10.6 Å². The highest BCUT2D eigenvalue weighted by Gasteiger charge is 2.38. The second kappa shape index (κ2) is 16.4. The van der Waals surface area contributed by atoms with Crippen LogP contribution >= 0.6 is 23.1 Å². The van der Waals surface area contributed by atoms with Crippen LogP contribution in [0.4, 0.5) is 4.79 Å². The van der Waals surface area contributed by atoms with E-state index in [0.717, 1.165) is 42.4 Å². The molecule has 4 aromatic carbocycles. The van der Waals surface area contributed by atoms with Crippen LogP contribution in [0, 0.1) is 5.92 Å². The van der Waals surface area contributed by atoms with Gasteiger partial charge in [0.1, 0.15) is 6.04 Å². The van der Waals surface area contributed by atoms with E-state index in [1.807, 2.05) is 97.1 Å². The topological polar surface area (TPSA) is 119 Å². The lowest BCUT2D eigenvalue weighted by Gasteiger charge is -2.41. The van der Waals surface area contributed by atoms with E-state index in [-0.39, 0.29) is 31.3 Å². The molecule has 1 fully saturated rings. The predicted molar refractivity (Wildman–Crippen MR) is 191 cm³/mol. The number of aromatic nitrogens is 1. The average Bonchev–Trinajstić information content (AvgIpc) is 3.57. The summed E-state index contributed by atoms with van der Waals surface area (Å²) >= 11 is 3.38. The van der Waals surface area contributed by atoms with Gasteiger partial charge in [0.05, 0.1) is 36.1 Å². The zero-order valence-corrected chi connectivity index (χ0v) is 28.9. The Morgan fingerprint density at radius 1 is 0.898 bits per heavy atom. The number of rotatable bonds is 12. The number of hydrogen-bond acceptors (Lipinski definition) is 9. The maximum Gasteiger partial charge on any atom is 0.328 e. The third-order valence-electron chi connectivity index (χ3n) is 8.55. The second-order valence-electron chi connectivity index (χ2n) is 11.9. The molecular weight excluding hydrogens is 659 g/mol. The zero-order chi connectivity index (χ0) is 34.2. The minimum absolute atomic E-state index is 0.0169.